The van der Waals surface area contributed by atoms with E-state index >= 15 is 0 Å². The maximum atomic E-state index is 13.7. The Bertz CT molecular complexity index is 1080. The smallest absolute Gasteiger partial charge is 0.338 e. The van der Waals surface area contributed by atoms with Crippen molar-refractivity contribution in [1.29, 1.82) is 0 Å². The fourth-order valence-corrected chi connectivity index (χ4v) is 4.59. The van der Waals surface area contributed by atoms with E-state index in [1.807, 2.05) is 0 Å². The molecule has 1 saturated heterocycles. The Morgan fingerprint density at radius 2 is 1.80 bits per heavy atom. The number of hydrogen-bond acceptors (Lipinski definition) is 6. The minimum Gasteiger partial charge on any atom is -0.454 e. The van der Waals surface area contributed by atoms with Crippen molar-refractivity contribution in [2.24, 2.45) is 0 Å². The van der Waals surface area contributed by atoms with Gasteiger partial charge in [0.1, 0.15) is 11.6 Å². The summed E-state index contributed by atoms with van der Waals surface area (Å²) in [6.45, 7) is 1.73. The van der Waals surface area contributed by atoms with E-state index in [9.17, 15) is 26.8 Å². The van der Waals surface area contributed by atoms with Gasteiger partial charge >= 0.3 is 5.97 Å². The van der Waals surface area contributed by atoms with Gasteiger partial charge in [0.15, 0.2) is 6.61 Å². The number of hydrogen-bond donors (Lipinski definition) is 0. The van der Waals surface area contributed by atoms with Crippen LogP contribution in [-0.2, 0) is 19.5 Å². The molecule has 0 bridgehead atoms. The van der Waals surface area contributed by atoms with Crippen molar-refractivity contribution in [3.05, 3.63) is 64.7 Å². The van der Waals surface area contributed by atoms with E-state index in [0.717, 1.165) is 12.1 Å². The number of halogens is 2. The number of aryl methyl sites for hydroxylation is 1. The standard InChI is InChI=1S/C20H19F2NO6S/c1-13-2-3-14(10-19(13)30(26,27)23-6-8-28-9-7-23)20(25)29-12-18(24)16-11-15(21)4-5-17(16)22/h2-5,10-11H,6-9,12H2,1H3. The molecule has 0 saturated carbocycles. The average molecular weight is 439 g/mol. The van der Waals surface area contributed by atoms with Crippen molar-refractivity contribution in [2.45, 2.75) is 11.8 Å². The summed E-state index contributed by atoms with van der Waals surface area (Å²) in [6, 6.07) is 6.37. The molecule has 1 aliphatic heterocycles. The number of ketones is 1. The second-order valence-electron chi connectivity index (χ2n) is 6.62. The molecule has 1 heterocycles. The molecule has 0 radical (unpaired) electrons. The summed E-state index contributed by atoms with van der Waals surface area (Å²) in [6.07, 6.45) is 0. The maximum absolute atomic E-state index is 13.7. The van der Waals surface area contributed by atoms with Crippen LogP contribution in [0.1, 0.15) is 26.3 Å². The van der Waals surface area contributed by atoms with Crippen LogP contribution in [0.4, 0.5) is 8.78 Å². The molecule has 2 aromatic carbocycles. The Morgan fingerprint density at radius 3 is 2.50 bits per heavy atom. The van der Waals surface area contributed by atoms with E-state index in [2.05, 4.69) is 0 Å². The normalized spacial score (nSPS) is 15.0. The number of morpholine rings is 1. The third-order valence-electron chi connectivity index (χ3n) is 4.57. The molecule has 1 fully saturated rings. The molecule has 2 aromatic rings. The number of carbonyl (C=O) groups is 2. The van der Waals surface area contributed by atoms with Gasteiger partial charge in [0.25, 0.3) is 0 Å². The van der Waals surface area contributed by atoms with Crippen molar-refractivity contribution in [1.82, 2.24) is 4.31 Å². The van der Waals surface area contributed by atoms with Gasteiger partial charge in [0.05, 0.1) is 29.2 Å². The molecule has 10 heteroatoms. The summed E-state index contributed by atoms with van der Waals surface area (Å²) < 4.78 is 64.0. The Morgan fingerprint density at radius 1 is 1.10 bits per heavy atom. The molecule has 0 unspecified atom stereocenters. The Labute approximate surface area is 172 Å². The van der Waals surface area contributed by atoms with Gasteiger partial charge in [-0.2, -0.15) is 4.31 Å². The fourth-order valence-electron chi connectivity index (χ4n) is 2.93. The first-order valence-corrected chi connectivity index (χ1v) is 10.5. The van der Waals surface area contributed by atoms with Crippen molar-refractivity contribution in [3.63, 3.8) is 0 Å². The van der Waals surface area contributed by atoms with Crippen LogP contribution >= 0.6 is 0 Å². The minimum atomic E-state index is -3.85. The zero-order chi connectivity index (χ0) is 21.9. The van der Waals surface area contributed by atoms with Crippen molar-refractivity contribution >= 4 is 21.8 Å². The fraction of sp³-hybridized carbons (Fsp3) is 0.300. The summed E-state index contributed by atoms with van der Waals surface area (Å²) in [5.74, 6) is -3.62. The molecule has 0 spiro atoms. The van der Waals surface area contributed by atoms with Crippen molar-refractivity contribution in [2.75, 3.05) is 32.9 Å². The third kappa shape index (κ3) is 4.72. The number of carbonyl (C=O) groups excluding carboxylic acids is 2. The topological polar surface area (TPSA) is 90.0 Å². The number of Topliss-reactive ketones (excluding diaryl/α,β-unsaturated/α-hetero) is 1. The number of nitrogens with zero attached hydrogens (tertiary/aromatic N) is 1. The quantitative estimate of drug-likeness (QED) is 0.507. The highest BCUT2D eigenvalue weighted by Crippen LogP contribution is 2.23. The number of rotatable bonds is 6. The van der Waals surface area contributed by atoms with Gasteiger partial charge in [0.2, 0.25) is 15.8 Å². The Balaban J connectivity index is 1.76. The van der Waals surface area contributed by atoms with Crippen LogP contribution in [0.5, 0.6) is 0 Å². The Kier molecular flexibility index (Phi) is 6.59. The zero-order valence-corrected chi connectivity index (χ0v) is 16.9. The Hall–Kier alpha value is -2.69. The molecule has 0 aromatic heterocycles. The average Bonchev–Trinajstić information content (AvgIpc) is 2.74. The lowest BCUT2D eigenvalue weighted by Crippen LogP contribution is -2.40. The van der Waals surface area contributed by atoms with Crippen LogP contribution in [0.3, 0.4) is 0 Å². The molecule has 0 atom stereocenters. The van der Waals surface area contributed by atoms with E-state index in [1.54, 1.807) is 6.92 Å². The van der Waals surface area contributed by atoms with Gasteiger partial charge in [-0.1, -0.05) is 6.07 Å². The summed E-state index contributed by atoms with van der Waals surface area (Å²) in [7, 11) is -3.85. The molecule has 3 rings (SSSR count). The lowest BCUT2D eigenvalue weighted by atomic mass is 10.1. The van der Waals surface area contributed by atoms with Gasteiger partial charge in [-0.15, -0.1) is 0 Å². The number of sulfonamides is 1. The van der Waals surface area contributed by atoms with Crippen molar-refractivity contribution < 1.29 is 36.3 Å². The highest BCUT2D eigenvalue weighted by Gasteiger charge is 2.28. The molecular weight excluding hydrogens is 420 g/mol. The number of esters is 1. The van der Waals surface area contributed by atoms with E-state index in [1.165, 1.54) is 22.5 Å². The monoisotopic (exact) mass is 439 g/mol. The first kappa shape index (κ1) is 22.0. The molecule has 0 amide bonds. The lowest BCUT2D eigenvalue weighted by Gasteiger charge is -2.26. The summed E-state index contributed by atoms with van der Waals surface area (Å²) in [5, 5.41) is 0. The van der Waals surface area contributed by atoms with Gasteiger partial charge in [-0.3, -0.25) is 4.79 Å². The van der Waals surface area contributed by atoms with Crippen LogP contribution in [0.15, 0.2) is 41.3 Å². The van der Waals surface area contributed by atoms with Crippen LogP contribution in [-0.4, -0.2) is 57.4 Å². The molecule has 1 aliphatic rings. The van der Waals surface area contributed by atoms with Crippen molar-refractivity contribution in [3.8, 4) is 0 Å². The van der Waals surface area contributed by atoms with E-state index in [-0.39, 0.29) is 36.8 Å². The predicted molar refractivity (Wildman–Crippen MR) is 102 cm³/mol. The van der Waals surface area contributed by atoms with E-state index < -0.39 is 45.6 Å². The molecule has 0 N–H and O–H groups in total. The molecule has 0 aliphatic carbocycles. The van der Waals surface area contributed by atoms with Crippen LogP contribution < -0.4 is 0 Å². The van der Waals surface area contributed by atoms with Crippen LogP contribution in [0.2, 0.25) is 0 Å². The van der Waals surface area contributed by atoms with E-state index in [0.29, 0.717) is 11.6 Å². The summed E-state index contributed by atoms with van der Waals surface area (Å²) in [5.41, 5.74) is -0.182. The first-order chi connectivity index (χ1) is 14.2. The number of benzene rings is 2. The molecule has 160 valence electrons. The second-order valence-corrected chi connectivity index (χ2v) is 8.53. The SMILES string of the molecule is Cc1ccc(C(=O)OCC(=O)c2cc(F)ccc2F)cc1S(=O)(=O)N1CCOCC1. The highest BCUT2D eigenvalue weighted by molar-refractivity contribution is 7.89. The molecule has 30 heavy (non-hydrogen) atoms. The highest BCUT2D eigenvalue weighted by atomic mass is 32.2. The van der Waals surface area contributed by atoms with Gasteiger partial charge in [-0.25, -0.2) is 22.0 Å². The van der Waals surface area contributed by atoms with E-state index in [4.69, 9.17) is 9.47 Å². The van der Waals surface area contributed by atoms with Gasteiger partial charge in [-0.05, 0) is 42.8 Å². The maximum Gasteiger partial charge on any atom is 0.338 e. The van der Waals surface area contributed by atoms with Gasteiger partial charge in [0, 0.05) is 13.1 Å². The largest absolute Gasteiger partial charge is 0.454 e. The molecular formula is C20H19F2NO6S. The first-order valence-electron chi connectivity index (χ1n) is 9.04. The summed E-state index contributed by atoms with van der Waals surface area (Å²) >= 11 is 0. The van der Waals surface area contributed by atoms with Crippen LogP contribution in [0, 0.1) is 18.6 Å². The summed E-state index contributed by atoms with van der Waals surface area (Å²) in [4.78, 5) is 24.3. The lowest BCUT2D eigenvalue weighted by molar-refractivity contribution is 0.0473. The van der Waals surface area contributed by atoms with Crippen LogP contribution in [0.25, 0.3) is 0 Å². The molecule has 7 nitrogen and oxygen atoms in total. The number of ether oxygens (including phenoxy) is 2. The zero-order valence-electron chi connectivity index (χ0n) is 16.1. The predicted octanol–water partition coefficient (Wildman–Crippen LogP) is 2.33. The minimum absolute atomic E-state index is 0.0543. The van der Waals surface area contributed by atoms with Gasteiger partial charge < -0.3 is 9.47 Å². The third-order valence-corrected chi connectivity index (χ3v) is 6.62. The second kappa shape index (κ2) is 8.99.